The lowest BCUT2D eigenvalue weighted by Gasteiger charge is -1.79. The summed E-state index contributed by atoms with van der Waals surface area (Å²) < 4.78 is 0.582. The Hall–Kier alpha value is -0.780. The van der Waals surface area contributed by atoms with Gasteiger partial charge in [-0.25, -0.2) is 0 Å². The number of carbonyl (C=O) groups is 1. The second-order valence-corrected chi connectivity index (χ2v) is 3.29. The van der Waals surface area contributed by atoms with Crippen LogP contribution in [0.5, 0.6) is 0 Å². The van der Waals surface area contributed by atoms with E-state index in [2.05, 4.69) is 0 Å². The fraction of sp³-hybridized carbons (Fsp3) is 0. The van der Waals surface area contributed by atoms with Crippen molar-refractivity contribution in [3.05, 3.63) is 21.3 Å². The van der Waals surface area contributed by atoms with Crippen molar-refractivity contribution in [2.24, 2.45) is 0 Å². The Labute approximate surface area is 67.6 Å². The summed E-state index contributed by atoms with van der Waals surface area (Å²) in [5.74, 6) is 1.70. The van der Waals surface area contributed by atoms with E-state index in [1.165, 1.54) is 11.3 Å². The fourth-order valence-corrected chi connectivity index (χ4v) is 1.45. The monoisotopic (exact) mass is 170 g/mol. The summed E-state index contributed by atoms with van der Waals surface area (Å²) in [6.45, 7) is 0. The largest absolute Gasteiger partial charge is 0.278 e. The average Bonchev–Trinajstić information content (AvgIpc) is 2.34. The molecule has 10 heavy (non-hydrogen) atoms. The van der Waals surface area contributed by atoms with Crippen LogP contribution in [0.25, 0.3) is 0 Å². The van der Waals surface area contributed by atoms with Crippen molar-refractivity contribution in [1.82, 2.24) is 0 Å². The molecule has 0 aliphatic carbocycles. The van der Waals surface area contributed by atoms with Gasteiger partial charge in [-0.05, 0) is 18.1 Å². The molecule has 1 nitrogen and oxygen atoms in total. The zero-order valence-corrected chi connectivity index (χ0v) is 6.50. The van der Waals surface area contributed by atoms with Gasteiger partial charge in [0.2, 0.25) is 5.78 Å². The zero-order chi connectivity index (χ0) is 7.56. The molecular weight excluding hydrogens is 168 g/mol. The quantitative estimate of drug-likeness (QED) is 0.359. The molecule has 3 heteroatoms. The molecule has 0 unspecified atom stereocenters. The van der Waals surface area contributed by atoms with Crippen LogP contribution in [0.3, 0.4) is 0 Å². The van der Waals surface area contributed by atoms with Gasteiger partial charge >= 0.3 is 0 Å². The van der Waals surface area contributed by atoms with Gasteiger partial charge in [0.15, 0.2) is 0 Å². The van der Waals surface area contributed by atoms with E-state index in [4.69, 9.17) is 18.0 Å². The van der Waals surface area contributed by atoms with Gasteiger partial charge in [0.1, 0.15) is 0 Å². The summed E-state index contributed by atoms with van der Waals surface area (Å²) in [7, 11) is 0. The van der Waals surface area contributed by atoms with Crippen LogP contribution in [0.15, 0.2) is 12.1 Å². The Morgan fingerprint density at radius 3 is 2.80 bits per heavy atom. The molecule has 1 aromatic rings. The highest BCUT2D eigenvalue weighted by atomic mass is 35.5. The van der Waals surface area contributed by atoms with Crippen LogP contribution in [0.2, 0.25) is 4.34 Å². The van der Waals surface area contributed by atoms with Crippen LogP contribution in [0.4, 0.5) is 0 Å². The minimum Gasteiger partial charge on any atom is -0.278 e. The summed E-state index contributed by atoms with van der Waals surface area (Å²) in [4.78, 5) is 11.3. The Bertz CT molecular complexity index is 295. The minimum atomic E-state index is -0.308. The van der Waals surface area contributed by atoms with Crippen molar-refractivity contribution in [2.75, 3.05) is 0 Å². The highest BCUT2D eigenvalue weighted by Gasteiger charge is 2.03. The van der Waals surface area contributed by atoms with Gasteiger partial charge in [0.25, 0.3) is 0 Å². The Kier molecular flexibility index (Phi) is 2.10. The number of halogens is 1. The van der Waals surface area contributed by atoms with E-state index < -0.39 is 0 Å². The molecule has 0 amide bonds. The number of Topliss-reactive ketones (excluding diaryl/α,β-unsaturated/α-hetero) is 1. The molecular formula is C7H3ClOS. The second kappa shape index (κ2) is 2.87. The Morgan fingerprint density at radius 1 is 1.70 bits per heavy atom. The van der Waals surface area contributed by atoms with E-state index in [9.17, 15) is 4.79 Å². The molecule has 1 rings (SSSR count). The van der Waals surface area contributed by atoms with Crippen LogP contribution >= 0.6 is 22.9 Å². The van der Waals surface area contributed by atoms with E-state index in [0.717, 1.165) is 0 Å². The van der Waals surface area contributed by atoms with Crippen molar-refractivity contribution < 1.29 is 4.79 Å². The third-order valence-electron chi connectivity index (χ3n) is 0.928. The maximum atomic E-state index is 10.7. The summed E-state index contributed by atoms with van der Waals surface area (Å²) in [5.41, 5.74) is 0. The molecule has 0 fully saturated rings. The molecule has 1 heterocycles. The first-order valence-corrected chi connectivity index (χ1v) is 3.70. The first-order chi connectivity index (χ1) is 4.74. The number of thiophene rings is 1. The second-order valence-electron chi connectivity index (χ2n) is 1.58. The van der Waals surface area contributed by atoms with Gasteiger partial charge < -0.3 is 0 Å². The molecule has 0 saturated heterocycles. The molecule has 0 aromatic carbocycles. The van der Waals surface area contributed by atoms with Gasteiger partial charge in [0, 0.05) is 0 Å². The van der Waals surface area contributed by atoms with Crippen LogP contribution in [0, 0.1) is 12.3 Å². The van der Waals surface area contributed by atoms with Gasteiger partial charge in [-0.1, -0.05) is 11.6 Å². The van der Waals surface area contributed by atoms with Crippen LogP contribution < -0.4 is 0 Å². The molecule has 1 aromatic heterocycles. The predicted molar refractivity (Wildman–Crippen MR) is 42.5 cm³/mol. The van der Waals surface area contributed by atoms with Gasteiger partial charge in [-0.3, -0.25) is 4.79 Å². The van der Waals surface area contributed by atoms with Crippen molar-refractivity contribution in [3.8, 4) is 12.3 Å². The number of terminal acetylenes is 1. The number of ketones is 1. The van der Waals surface area contributed by atoms with Crippen molar-refractivity contribution in [2.45, 2.75) is 0 Å². The molecule has 0 atom stereocenters. The Balaban J connectivity index is 2.98. The first kappa shape index (κ1) is 7.33. The lowest BCUT2D eigenvalue weighted by molar-refractivity contribution is 0.106. The molecule has 0 radical (unpaired) electrons. The molecule has 50 valence electrons. The smallest absolute Gasteiger partial charge is 0.245 e. The maximum Gasteiger partial charge on any atom is 0.245 e. The molecule has 0 N–H and O–H groups in total. The lowest BCUT2D eigenvalue weighted by atomic mass is 10.3. The van der Waals surface area contributed by atoms with Crippen LogP contribution in [-0.2, 0) is 0 Å². The molecule has 0 aliphatic rings. The first-order valence-electron chi connectivity index (χ1n) is 2.50. The van der Waals surface area contributed by atoms with Gasteiger partial charge in [-0.15, -0.1) is 17.8 Å². The molecule has 0 saturated carbocycles. The third-order valence-corrected chi connectivity index (χ3v) is 2.16. The van der Waals surface area contributed by atoms with Crippen molar-refractivity contribution in [1.29, 1.82) is 0 Å². The van der Waals surface area contributed by atoms with E-state index in [1.54, 1.807) is 12.1 Å². The normalized spacial score (nSPS) is 8.80. The molecule has 0 bridgehead atoms. The summed E-state index contributed by atoms with van der Waals surface area (Å²) >= 11 is 6.75. The summed E-state index contributed by atoms with van der Waals surface area (Å²) in [6.07, 6.45) is 4.88. The summed E-state index contributed by atoms with van der Waals surface area (Å²) in [6, 6.07) is 3.27. The third kappa shape index (κ3) is 1.38. The number of carbonyl (C=O) groups excluding carboxylic acids is 1. The number of rotatable bonds is 1. The number of hydrogen-bond acceptors (Lipinski definition) is 2. The topological polar surface area (TPSA) is 17.1 Å². The Morgan fingerprint density at radius 2 is 2.40 bits per heavy atom. The molecule has 0 aliphatic heterocycles. The minimum absolute atomic E-state index is 0.308. The average molecular weight is 171 g/mol. The fourth-order valence-electron chi connectivity index (χ4n) is 0.507. The van der Waals surface area contributed by atoms with E-state index in [-0.39, 0.29) is 5.78 Å². The van der Waals surface area contributed by atoms with E-state index in [0.29, 0.717) is 9.21 Å². The van der Waals surface area contributed by atoms with E-state index in [1.807, 2.05) is 5.92 Å². The SMILES string of the molecule is C#CC(=O)c1ccc(Cl)s1. The highest BCUT2D eigenvalue weighted by Crippen LogP contribution is 2.21. The standard InChI is InChI=1S/C7H3ClOS/c1-2-5(9)6-3-4-7(8)10-6/h1,3-4H. The van der Waals surface area contributed by atoms with Crippen molar-refractivity contribution >= 4 is 28.7 Å². The number of hydrogen-bond donors (Lipinski definition) is 0. The van der Waals surface area contributed by atoms with Crippen LogP contribution in [-0.4, -0.2) is 5.78 Å². The van der Waals surface area contributed by atoms with Gasteiger partial charge in [0.05, 0.1) is 9.21 Å². The molecule has 0 spiro atoms. The van der Waals surface area contributed by atoms with Crippen molar-refractivity contribution in [3.63, 3.8) is 0 Å². The zero-order valence-electron chi connectivity index (χ0n) is 4.93. The lowest BCUT2D eigenvalue weighted by Crippen LogP contribution is -1.87. The summed E-state index contributed by atoms with van der Waals surface area (Å²) in [5, 5.41) is 0. The highest BCUT2D eigenvalue weighted by molar-refractivity contribution is 7.18. The van der Waals surface area contributed by atoms with Crippen LogP contribution in [0.1, 0.15) is 9.67 Å². The van der Waals surface area contributed by atoms with Gasteiger partial charge in [-0.2, -0.15) is 0 Å². The van der Waals surface area contributed by atoms with E-state index >= 15 is 0 Å². The predicted octanol–water partition coefficient (Wildman–Crippen LogP) is 2.22. The maximum absolute atomic E-state index is 10.7.